The number of amides is 1. The smallest absolute Gasteiger partial charge is 0.234 e. The van der Waals surface area contributed by atoms with Crippen LogP contribution in [0.1, 0.15) is 32.1 Å². The summed E-state index contributed by atoms with van der Waals surface area (Å²) in [5.74, 6) is -0.126. The molecular weight excluding hydrogens is 202 g/mol. The number of primary amides is 1. The van der Waals surface area contributed by atoms with Gasteiger partial charge in [0, 0.05) is 6.04 Å². The predicted molar refractivity (Wildman–Crippen MR) is 64.1 cm³/mol. The molecule has 0 spiro atoms. The zero-order valence-corrected chi connectivity index (χ0v) is 10.2. The van der Waals surface area contributed by atoms with Crippen LogP contribution in [0.4, 0.5) is 0 Å². The minimum absolute atomic E-state index is 0.00200. The van der Waals surface area contributed by atoms with Gasteiger partial charge in [0.05, 0.1) is 6.04 Å². The van der Waals surface area contributed by atoms with E-state index in [9.17, 15) is 4.79 Å². The van der Waals surface area contributed by atoms with Crippen molar-refractivity contribution in [2.45, 2.75) is 44.2 Å². The molecule has 2 fully saturated rings. The second-order valence-corrected chi connectivity index (χ2v) is 5.19. The first-order chi connectivity index (χ1) is 7.68. The SMILES string of the molecule is CN1CCC(N2CCCCC2C(N)=O)CC1. The van der Waals surface area contributed by atoms with Crippen molar-refractivity contribution < 1.29 is 4.79 Å². The van der Waals surface area contributed by atoms with Crippen LogP contribution in [0.25, 0.3) is 0 Å². The Balaban J connectivity index is 1.97. The third-order valence-electron chi connectivity index (χ3n) is 4.03. The van der Waals surface area contributed by atoms with Crippen molar-refractivity contribution in [3.05, 3.63) is 0 Å². The molecule has 0 aliphatic carbocycles. The van der Waals surface area contributed by atoms with Gasteiger partial charge in [0.2, 0.25) is 5.91 Å². The van der Waals surface area contributed by atoms with Crippen molar-refractivity contribution in [3.8, 4) is 0 Å². The van der Waals surface area contributed by atoms with E-state index in [2.05, 4.69) is 16.8 Å². The van der Waals surface area contributed by atoms with E-state index in [0.29, 0.717) is 6.04 Å². The van der Waals surface area contributed by atoms with Crippen LogP contribution in [-0.2, 0) is 4.79 Å². The number of piperidine rings is 2. The molecule has 0 bridgehead atoms. The van der Waals surface area contributed by atoms with Gasteiger partial charge in [-0.3, -0.25) is 9.69 Å². The van der Waals surface area contributed by atoms with Gasteiger partial charge in [0.1, 0.15) is 0 Å². The molecule has 1 unspecified atom stereocenters. The van der Waals surface area contributed by atoms with Crippen molar-refractivity contribution in [2.24, 2.45) is 5.73 Å². The number of hydrogen-bond acceptors (Lipinski definition) is 3. The van der Waals surface area contributed by atoms with Crippen molar-refractivity contribution in [2.75, 3.05) is 26.7 Å². The predicted octanol–water partition coefficient (Wildman–Crippen LogP) is 0.420. The lowest BCUT2D eigenvalue weighted by Gasteiger charge is -2.42. The van der Waals surface area contributed by atoms with Gasteiger partial charge in [0.15, 0.2) is 0 Å². The quantitative estimate of drug-likeness (QED) is 0.741. The lowest BCUT2D eigenvalue weighted by atomic mass is 9.95. The van der Waals surface area contributed by atoms with E-state index in [-0.39, 0.29) is 11.9 Å². The van der Waals surface area contributed by atoms with Crippen molar-refractivity contribution >= 4 is 5.91 Å². The monoisotopic (exact) mass is 225 g/mol. The number of hydrogen-bond donors (Lipinski definition) is 1. The third kappa shape index (κ3) is 2.55. The van der Waals surface area contributed by atoms with Crippen LogP contribution in [0.3, 0.4) is 0 Å². The molecule has 2 saturated heterocycles. The standard InChI is InChI=1S/C12H23N3O/c1-14-8-5-10(6-9-14)15-7-3-2-4-11(15)12(13)16/h10-11H,2-9H2,1H3,(H2,13,16). The Bertz CT molecular complexity index is 249. The molecular formula is C12H23N3O. The second-order valence-electron chi connectivity index (χ2n) is 5.19. The van der Waals surface area contributed by atoms with Gasteiger partial charge in [0.25, 0.3) is 0 Å². The Labute approximate surface area is 97.8 Å². The Kier molecular flexibility index (Phi) is 3.82. The van der Waals surface area contributed by atoms with Gasteiger partial charge in [-0.05, 0) is 52.4 Å². The molecule has 4 heteroatoms. The van der Waals surface area contributed by atoms with Crippen LogP contribution in [0, 0.1) is 0 Å². The van der Waals surface area contributed by atoms with E-state index in [0.717, 1.165) is 32.5 Å². The zero-order chi connectivity index (χ0) is 11.5. The molecule has 0 aromatic rings. The fraction of sp³-hybridized carbons (Fsp3) is 0.917. The average Bonchev–Trinajstić information content (AvgIpc) is 2.30. The number of nitrogens with zero attached hydrogens (tertiary/aromatic N) is 2. The van der Waals surface area contributed by atoms with Crippen molar-refractivity contribution in [1.29, 1.82) is 0 Å². The largest absolute Gasteiger partial charge is 0.368 e. The van der Waals surface area contributed by atoms with Crippen LogP contribution >= 0.6 is 0 Å². The highest BCUT2D eigenvalue weighted by Gasteiger charge is 2.33. The highest BCUT2D eigenvalue weighted by molar-refractivity contribution is 5.80. The summed E-state index contributed by atoms with van der Waals surface area (Å²) in [7, 11) is 2.16. The normalized spacial score (nSPS) is 30.4. The van der Waals surface area contributed by atoms with Gasteiger partial charge in [-0.1, -0.05) is 6.42 Å². The molecule has 1 atom stereocenters. The van der Waals surface area contributed by atoms with Crippen molar-refractivity contribution in [1.82, 2.24) is 9.80 Å². The highest BCUT2D eigenvalue weighted by atomic mass is 16.1. The van der Waals surface area contributed by atoms with E-state index in [1.165, 1.54) is 19.3 Å². The summed E-state index contributed by atoms with van der Waals surface area (Å²) in [6.07, 6.45) is 5.69. The van der Waals surface area contributed by atoms with Crippen LogP contribution < -0.4 is 5.73 Å². The number of carbonyl (C=O) groups excluding carboxylic acids is 1. The van der Waals surface area contributed by atoms with E-state index < -0.39 is 0 Å². The summed E-state index contributed by atoms with van der Waals surface area (Å²) in [4.78, 5) is 16.2. The average molecular weight is 225 g/mol. The number of rotatable bonds is 2. The second kappa shape index (κ2) is 5.15. The summed E-state index contributed by atoms with van der Waals surface area (Å²) in [6, 6.07) is 0.580. The zero-order valence-electron chi connectivity index (χ0n) is 10.2. The number of likely N-dealkylation sites (tertiary alicyclic amines) is 2. The van der Waals surface area contributed by atoms with Crippen molar-refractivity contribution in [3.63, 3.8) is 0 Å². The van der Waals surface area contributed by atoms with Gasteiger partial charge in [-0.15, -0.1) is 0 Å². The van der Waals surface area contributed by atoms with Crippen LogP contribution in [0.15, 0.2) is 0 Å². The van der Waals surface area contributed by atoms with Crippen LogP contribution in [-0.4, -0.2) is 54.5 Å². The molecule has 0 aromatic carbocycles. The van der Waals surface area contributed by atoms with E-state index in [4.69, 9.17) is 5.73 Å². The molecule has 4 nitrogen and oxygen atoms in total. The van der Waals surface area contributed by atoms with Crippen LogP contribution in [0.5, 0.6) is 0 Å². The summed E-state index contributed by atoms with van der Waals surface area (Å²) in [5.41, 5.74) is 5.50. The lowest BCUT2D eigenvalue weighted by molar-refractivity contribution is -0.126. The maximum absolute atomic E-state index is 11.4. The minimum Gasteiger partial charge on any atom is -0.368 e. The number of nitrogens with two attached hydrogens (primary N) is 1. The van der Waals surface area contributed by atoms with Gasteiger partial charge >= 0.3 is 0 Å². The molecule has 0 aromatic heterocycles. The molecule has 0 radical (unpaired) electrons. The maximum Gasteiger partial charge on any atom is 0.234 e. The first kappa shape index (κ1) is 11.9. The maximum atomic E-state index is 11.4. The Morgan fingerprint density at radius 1 is 1.12 bits per heavy atom. The molecule has 2 aliphatic rings. The summed E-state index contributed by atoms with van der Waals surface area (Å²) < 4.78 is 0. The molecule has 1 amide bonds. The summed E-state index contributed by atoms with van der Waals surface area (Å²) in [5, 5.41) is 0. The Morgan fingerprint density at radius 2 is 1.81 bits per heavy atom. The fourth-order valence-corrected chi connectivity index (χ4v) is 3.02. The fourth-order valence-electron chi connectivity index (χ4n) is 3.02. The third-order valence-corrected chi connectivity index (χ3v) is 4.03. The molecule has 2 N–H and O–H groups in total. The van der Waals surface area contributed by atoms with Gasteiger partial charge in [-0.25, -0.2) is 0 Å². The van der Waals surface area contributed by atoms with Crippen LogP contribution in [0.2, 0.25) is 0 Å². The first-order valence-electron chi connectivity index (χ1n) is 6.42. The van der Waals surface area contributed by atoms with E-state index >= 15 is 0 Å². The van der Waals surface area contributed by atoms with Gasteiger partial charge in [-0.2, -0.15) is 0 Å². The molecule has 2 aliphatic heterocycles. The summed E-state index contributed by atoms with van der Waals surface area (Å²) in [6.45, 7) is 3.35. The van der Waals surface area contributed by atoms with E-state index in [1.807, 2.05) is 0 Å². The Morgan fingerprint density at radius 3 is 2.44 bits per heavy atom. The molecule has 16 heavy (non-hydrogen) atoms. The Hall–Kier alpha value is -0.610. The molecule has 2 heterocycles. The topological polar surface area (TPSA) is 49.6 Å². The minimum atomic E-state index is -0.126. The lowest BCUT2D eigenvalue weighted by Crippen LogP contribution is -2.54. The first-order valence-corrected chi connectivity index (χ1v) is 6.42. The molecule has 0 saturated carbocycles. The highest BCUT2D eigenvalue weighted by Crippen LogP contribution is 2.24. The summed E-state index contributed by atoms with van der Waals surface area (Å²) >= 11 is 0. The molecule has 2 rings (SSSR count). The number of carbonyl (C=O) groups is 1. The van der Waals surface area contributed by atoms with Gasteiger partial charge < -0.3 is 10.6 Å². The molecule has 92 valence electrons. The van der Waals surface area contributed by atoms with E-state index in [1.54, 1.807) is 0 Å².